The molecule has 6 rings (SSSR count). The zero-order valence-electron chi connectivity index (χ0n) is 18.2. The molecule has 0 amide bonds. The Kier molecular flexibility index (Phi) is 5.01. The molecule has 2 N–H and O–H groups in total. The van der Waals surface area contributed by atoms with E-state index in [1.165, 1.54) is 0 Å². The molecule has 6 aromatic rings. The molecule has 0 radical (unpaired) electrons. The van der Waals surface area contributed by atoms with Gasteiger partial charge < -0.3 is 0 Å². The number of hydrogen-bond acceptors (Lipinski definition) is 4. The van der Waals surface area contributed by atoms with Crippen molar-refractivity contribution < 1.29 is 0 Å². The van der Waals surface area contributed by atoms with Crippen LogP contribution in [0, 0.1) is 0 Å². The van der Waals surface area contributed by atoms with Crippen LogP contribution in [-0.2, 0) is 0 Å². The Hall–Kier alpha value is -4.84. The number of nitrogens with one attached hydrogen (secondary N) is 2. The molecule has 0 spiro atoms. The van der Waals surface area contributed by atoms with Gasteiger partial charge in [-0.25, -0.2) is 9.97 Å². The van der Waals surface area contributed by atoms with E-state index >= 15 is 0 Å². The van der Waals surface area contributed by atoms with Crippen LogP contribution in [-0.4, -0.2) is 30.4 Å². The molecule has 0 aliphatic heterocycles. The average molecular weight is 441 g/mol. The normalized spacial score (nSPS) is 10.9. The molecule has 0 fully saturated rings. The van der Waals surface area contributed by atoms with Gasteiger partial charge in [-0.05, 0) is 47.5 Å². The van der Waals surface area contributed by atoms with Gasteiger partial charge in [0, 0.05) is 23.5 Å². The van der Waals surface area contributed by atoms with Crippen LogP contribution >= 0.6 is 0 Å². The van der Waals surface area contributed by atoms with E-state index in [9.17, 15) is 0 Å². The zero-order chi connectivity index (χ0) is 22.7. The van der Waals surface area contributed by atoms with Crippen LogP contribution in [0.2, 0.25) is 0 Å². The second kappa shape index (κ2) is 8.60. The number of nitrogens with zero attached hydrogens (tertiary/aromatic N) is 4. The van der Waals surface area contributed by atoms with Gasteiger partial charge in [0.1, 0.15) is 0 Å². The first kappa shape index (κ1) is 19.8. The molecule has 0 aliphatic carbocycles. The van der Waals surface area contributed by atoms with E-state index in [1.54, 1.807) is 12.4 Å². The number of H-pyrrole nitrogens is 2. The molecule has 0 bridgehead atoms. The molecule has 6 heteroatoms. The highest BCUT2D eigenvalue weighted by atomic mass is 15.1. The zero-order valence-corrected chi connectivity index (χ0v) is 18.2. The van der Waals surface area contributed by atoms with Gasteiger partial charge in [-0.15, -0.1) is 0 Å². The Morgan fingerprint density at radius 3 is 1.21 bits per heavy atom. The number of benzene rings is 2. The third kappa shape index (κ3) is 3.67. The monoisotopic (exact) mass is 440 g/mol. The van der Waals surface area contributed by atoms with Crippen LogP contribution in [0.5, 0.6) is 0 Å². The van der Waals surface area contributed by atoms with Crippen LogP contribution < -0.4 is 0 Å². The number of aromatic amines is 2. The molecular formula is C28H20N6. The van der Waals surface area contributed by atoms with Crippen LogP contribution in [0.1, 0.15) is 0 Å². The Morgan fingerprint density at radius 2 is 0.794 bits per heavy atom. The van der Waals surface area contributed by atoms with Crippen LogP contribution in [0.25, 0.3) is 56.4 Å². The minimum absolute atomic E-state index is 0.854. The Labute approximate surface area is 196 Å². The first-order valence-electron chi connectivity index (χ1n) is 11.0. The second-order valence-electron chi connectivity index (χ2n) is 7.85. The van der Waals surface area contributed by atoms with Crippen LogP contribution in [0.3, 0.4) is 0 Å². The van der Waals surface area contributed by atoms with E-state index < -0.39 is 0 Å². The van der Waals surface area contributed by atoms with Crippen molar-refractivity contribution in [1.82, 2.24) is 30.4 Å². The molecule has 4 aromatic heterocycles. The SMILES string of the molecule is c1cc(-c2ccn[nH]2)nc(-c2ccccc2-c2ccccc2-c2cccc(-c3ccn[nH]3)n2)c1. The molecule has 162 valence electrons. The summed E-state index contributed by atoms with van der Waals surface area (Å²) in [7, 11) is 0. The molecule has 0 atom stereocenters. The summed E-state index contributed by atoms with van der Waals surface area (Å²) < 4.78 is 0. The lowest BCUT2D eigenvalue weighted by atomic mass is 9.92. The molecule has 6 nitrogen and oxygen atoms in total. The highest BCUT2D eigenvalue weighted by Crippen LogP contribution is 2.37. The lowest BCUT2D eigenvalue weighted by Gasteiger charge is -2.14. The number of pyridine rings is 2. The highest BCUT2D eigenvalue weighted by Gasteiger charge is 2.15. The highest BCUT2D eigenvalue weighted by molar-refractivity contribution is 5.90. The van der Waals surface area contributed by atoms with Gasteiger partial charge in [-0.3, -0.25) is 10.2 Å². The Morgan fingerprint density at radius 1 is 0.382 bits per heavy atom. The first-order valence-corrected chi connectivity index (χ1v) is 11.0. The second-order valence-corrected chi connectivity index (χ2v) is 7.85. The van der Waals surface area contributed by atoms with Crippen molar-refractivity contribution >= 4 is 0 Å². The molecule has 0 saturated carbocycles. The fourth-order valence-corrected chi connectivity index (χ4v) is 4.15. The molecule has 4 heterocycles. The summed E-state index contributed by atoms with van der Waals surface area (Å²) in [4.78, 5) is 9.85. The van der Waals surface area contributed by atoms with E-state index in [0.717, 1.165) is 56.4 Å². The average Bonchev–Trinajstić information content (AvgIpc) is 3.64. The number of aromatic nitrogens is 6. The predicted molar refractivity (Wildman–Crippen MR) is 134 cm³/mol. The van der Waals surface area contributed by atoms with E-state index in [4.69, 9.17) is 9.97 Å². The standard InChI is InChI=1S/C28H20N6/c1-3-9-21(23-11-5-13-25(31-23)27-15-17-29-33-27)19(7-1)20-8-2-4-10-22(20)24-12-6-14-26(32-24)28-16-18-30-34-28/h1-18H,(H,29,33)(H,30,34). The lowest BCUT2D eigenvalue weighted by molar-refractivity contribution is 1.09. The van der Waals surface area contributed by atoms with E-state index in [2.05, 4.69) is 56.8 Å². The van der Waals surface area contributed by atoms with Crippen molar-refractivity contribution in [2.45, 2.75) is 0 Å². The fraction of sp³-hybridized carbons (Fsp3) is 0. The van der Waals surface area contributed by atoms with Gasteiger partial charge in [-0.2, -0.15) is 10.2 Å². The smallest absolute Gasteiger partial charge is 0.0887 e. The third-order valence-corrected chi connectivity index (χ3v) is 5.75. The number of rotatable bonds is 5. The summed E-state index contributed by atoms with van der Waals surface area (Å²) in [6, 6.07) is 32.6. The summed E-state index contributed by atoms with van der Waals surface area (Å²) in [5.74, 6) is 0. The van der Waals surface area contributed by atoms with E-state index in [0.29, 0.717) is 0 Å². The van der Waals surface area contributed by atoms with E-state index in [1.807, 2.05) is 60.7 Å². The largest absolute Gasteiger partial charge is 0.276 e. The van der Waals surface area contributed by atoms with Gasteiger partial charge in [0.2, 0.25) is 0 Å². The van der Waals surface area contributed by atoms with Crippen molar-refractivity contribution in [2.75, 3.05) is 0 Å². The van der Waals surface area contributed by atoms with Crippen molar-refractivity contribution in [2.24, 2.45) is 0 Å². The van der Waals surface area contributed by atoms with Crippen molar-refractivity contribution in [1.29, 1.82) is 0 Å². The summed E-state index contributed by atoms with van der Waals surface area (Å²) >= 11 is 0. The van der Waals surface area contributed by atoms with Crippen molar-refractivity contribution in [3.63, 3.8) is 0 Å². The molecule has 34 heavy (non-hydrogen) atoms. The van der Waals surface area contributed by atoms with Gasteiger partial charge in [0.15, 0.2) is 0 Å². The molecule has 2 aromatic carbocycles. The minimum atomic E-state index is 0.854. The summed E-state index contributed by atoms with van der Waals surface area (Å²) in [5, 5.41) is 14.1. The predicted octanol–water partition coefficient (Wildman–Crippen LogP) is 6.26. The van der Waals surface area contributed by atoms with Crippen LogP contribution in [0.15, 0.2) is 109 Å². The first-order chi connectivity index (χ1) is 16.9. The Bertz CT molecular complexity index is 1430. The minimum Gasteiger partial charge on any atom is -0.276 e. The van der Waals surface area contributed by atoms with Gasteiger partial charge in [0.25, 0.3) is 0 Å². The van der Waals surface area contributed by atoms with Crippen molar-refractivity contribution in [3.05, 3.63) is 109 Å². The topological polar surface area (TPSA) is 83.1 Å². The molecule has 0 saturated heterocycles. The van der Waals surface area contributed by atoms with Gasteiger partial charge in [0.05, 0.1) is 34.2 Å². The summed E-state index contributed by atoms with van der Waals surface area (Å²) in [5.41, 5.74) is 9.59. The fourth-order valence-electron chi connectivity index (χ4n) is 4.15. The molecular weight excluding hydrogens is 420 g/mol. The summed E-state index contributed by atoms with van der Waals surface area (Å²) in [6.45, 7) is 0. The third-order valence-electron chi connectivity index (χ3n) is 5.75. The Balaban J connectivity index is 1.48. The van der Waals surface area contributed by atoms with Gasteiger partial charge >= 0.3 is 0 Å². The maximum atomic E-state index is 4.92. The number of hydrogen-bond donors (Lipinski definition) is 2. The lowest BCUT2D eigenvalue weighted by Crippen LogP contribution is -1.94. The van der Waals surface area contributed by atoms with Crippen LogP contribution in [0.4, 0.5) is 0 Å². The van der Waals surface area contributed by atoms with Gasteiger partial charge in [-0.1, -0.05) is 60.7 Å². The maximum Gasteiger partial charge on any atom is 0.0887 e. The summed E-state index contributed by atoms with van der Waals surface area (Å²) in [6.07, 6.45) is 3.47. The molecule has 0 aliphatic rings. The molecule has 0 unspecified atom stereocenters. The van der Waals surface area contributed by atoms with Crippen molar-refractivity contribution in [3.8, 4) is 56.4 Å². The quantitative estimate of drug-likeness (QED) is 0.331. The maximum absolute atomic E-state index is 4.92. The van der Waals surface area contributed by atoms with E-state index in [-0.39, 0.29) is 0 Å².